The van der Waals surface area contributed by atoms with Crippen molar-refractivity contribution in [1.29, 1.82) is 0 Å². The van der Waals surface area contributed by atoms with Crippen LogP contribution < -0.4 is 0 Å². The fourth-order valence-electron chi connectivity index (χ4n) is 8.99. The molecule has 2 unspecified atom stereocenters. The molecule has 4 aliphatic carbocycles. The first-order valence-corrected chi connectivity index (χ1v) is 13.4. The van der Waals surface area contributed by atoms with E-state index in [4.69, 9.17) is 0 Å². The van der Waals surface area contributed by atoms with E-state index in [1.54, 1.807) is 0 Å². The lowest BCUT2D eigenvalue weighted by molar-refractivity contribution is 0.0655. The minimum atomic E-state index is 0.541. The van der Waals surface area contributed by atoms with Crippen molar-refractivity contribution in [3.8, 4) is 0 Å². The Labute approximate surface area is 186 Å². The van der Waals surface area contributed by atoms with Gasteiger partial charge in [-0.25, -0.2) is 0 Å². The molecule has 170 valence electrons. The molecule has 7 atom stereocenters. The third-order valence-corrected chi connectivity index (χ3v) is 11.0. The van der Waals surface area contributed by atoms with Gasteiger partial charge in [0.2, 0.25) is 0 Å². The Morgan fingerprint density at radius 1 is 1.07 bits per heavy atom. The van der Waals surface area contributed by atoms with Crippen LogP contribution in [0.25, 0.3) is 0 Å². The maximum atomic E-state index is 9.45. The molecule has 0 aromatic rings. The predicted molar refractivity (Wildman–Crippen MR) is 128 cm³/mol. The summed E-state index contributed by atoms with van der Waals surface area (Å²) in [5.74, 6) is 4.13. The maximum Gasteiger partial charge on any atom is 0.0783 e. The van der Waals surface area contributed by atoms with Gasteiger partial charge in [0, 0.05) is 0 Å². The Morgan fingerprint density at radius 3 is 2.60 bits per heavy atom. The maximum absolute atomic E-state index is 9.45. The van der Waals surface area contributed by atoms with Gasteiger partial charge in [0.15, 0.2) is 0 Å². The lowest BCUT2D eigenvalue weighted by Crippen LogP contribution is -2.43. The standard InChI is InChI=1S/C29H48O/c1-6-22(21(3)19-30)11-10-20(2)25-14-15-26-24-13-12-23-9-7-8-17-28(23,4)27(24)16-18-29(25,26)5/h19-20,22-23,25-26,30H,6-18H2,1-5H3/t20-,22?,23?,25-,26+,28+,29-/m1/s1. The quantitative estimate of drug-likeness (QED) is 0.341. The van der Waals surface area contributed by atoms with Crippen LogP contribution in [-0.2, 0) is 0 Å². The number of allylic oxidation sites excluding steroid dienone is 3. The molecule has 0 aliphatic heterocycles. The zero-order valence-corrected chi connectivity index (χ0v) is 20.6. The van der Waals surface area contributed by atoms with Crippen molar-refractivity contribution in [2.45, 2.75) is 118 Å². The zero-order valence-electron chi connectivity index (χ0n) is 20.6. The third-order valence-electron chi connectivity index (χ3n) is 11.0. The average molecular weight is 413 g/mol. The Hall–Kier alpha value is -0.720. The zero-order chi connectivity index (χ0) is 21.5. The number of hydrogen-bond donors (Lipinski definition) is 1. The molecule has 0 radical (unpaired) electrons. The summed E-state index contributed by atoms with van der Waals surface area (Å²) >= 11 is 0. The Morgan fingerprint density at radius 2 is 1.87 bits per heavy atom. The van der Waals surface area contributed by atoms with E-state index in [1.807, 2.05) is 11.1 Å². The SMILES string of the molecule is CCC(CC[C@@H](C)[C@H]1CC[C@H]2C3=C(CC[C@]12C)[C@@]1(C)CCCCC1CC3)C(C)=CO. The summed E-state index contributed by atoms with van der Waals surface area (Å²) in [6.07, 6.45) is 19.6. The van der Waals surface area contributed by atoms with Crippen molar-refractivity contribution in [2.75, 3.05) is 0 Å². The van der Waals surface area contributed by atoms with E-state index in [-0.39, 0.29) is 0 Å². The first-order chi connectivity index (χ1) is 14.3. The molecule has 1 N–H and O–H groups in total. The number of fused-ring (bicyclic) bond motifs is 4. The van der Waals surface area contributed by atoms with Crippen LogP contribution in [0.3, 0.4) is 0 Å². The fourth-order valence-corrected chi connectivity index (χ4v) is 8.99. The van der Waals surface area contributed by atoms with Crippen LogP contribution in [-0.4, -0.2) is 5.11 Å². The van der Waals surface area contributed by atoms with Crippen molar-refractivity contribution in [3.05, 3.63) is 23.0 Å². The molecule has 2 fully saturated rings. The van der Waals surface area contributed by atoms with Crippen molar-refractivity contribution in [1.82, 2.24) is 0 Å². The monoisotopic (exact) mass is 412 g/mol. The second-order valence-corrected chi connectivity index (χ2v) is 12.2. The molecule has 4 rings (SSSR count). The molecular formula is C29H48O. The highest BCUT2D eigenvalue weighted by Crippen LogP contribution is 2.66. The molecule has 4 aliphatic rings. The number of hydrogen-bond acceptors (Lipinski definition) is 1. The van der Waals surface area contributed by atoms with Crippen LogP contribution in [0.4, 0.5) is 0 Å². The molecule has 0 spiro atoms. The largest absolute Gasteiger partial charge is 0.516 e. The second kappa shape index (κ2) is 8.67. The third kappa shape index (κ3) is 3.61. The van der Waals surface area contributed by atoms with E-state index < -0.39 is 0 Å². The minimum absolute atomic E-state index is 0.541. The molecular weight excluding hydrogens is 364 g/mol. The smallest absolute Gasteiger partial charge is 0.0783 e. The topological polar surface area (TPSA) is 20.2 Å². The summed E-state index contributed by atoms with van der Waals surface area (Å²) in [6, 6.07) is 0. The number of aliphatic hydroxyl groups is 1. The number of rotatable bonds is 6. The van der Waals surface area contributed by atoms with Gasteiger partial charge in [-0.3, -0.25) is 0 Å². The lowest BCUT2D eigenvalue weighted by Gasteiger charge is -2.54. The van der Waals surface area contributed by atoms with Gasteiger partial charge in [-0.2, -0.15) is 0 Å². The summed E-state index contributed by atoms with van der Waals surface area (Å²) in [6.45, 7) is 12.3. The van der Waals surface area contributed by atoms with Crippen LogP contribution in [0.1, 0.15) is 118 Å². The van der Waals surface area contributed by atoms with E-state index >= 15 is 0 Å². The normalized spacial score (nSPS) is 41.1. The van der Waals surface area contributed by atoms with Crippen LogP contribution in [0.5, 0.6) is 0 Å². The Bertz CT molecular complexity index is 686. The fraction of sp³-hybridized carbons (Fsp3) is 0.862. The van der Waals surface area contributed by atoms with Crippen molar-refractivity contribution >= 4 is 0 Å². The highest BCUT2D eigenvalue weighted by Gasteiger charge is 2.55. The second-order valence-electron chi connectivity index (χ2n) is 12.2. The molecule has 0 saturated heterocycles. The van der Waals surface area contributed by atoms with E-state index in [0.717, 1.165) is 30.1 Å². The molecule has 1 nitrogen and oxygen atoms in total. The van der Waals surface area contributed by atoms with Crippen molar-refractivity contribution in [2.24, 2.45) is 40.4 Å². The molecule has 0 aromatic heterocycles. The lowest BCUT2D eigenvalue weighted by atomic mass is 9.50. The molecule has 0 bridgehead atoms. The van der Waals surface area contributed by atoms with Gasteiger partial charge in [0.25, 0.3) is 0 Å². The van der Waals surface area contributed by atoms with Gasteiger partial charge in [-0.15, -0.1) is 0 Å². The highest BCUT2D eigenvalue weighted by molar-refractivity contribution is 5.34. The first kappa shape index (κ1) is 22.5. The van der Waals surface area contributed by atoms with E-state index in [0.29, 0.717) is 16.7 Å². The highest BCUT2D eigenvalue weighted by atomic mass is 16.2. The molecule has 0 heterocycles. The molecule has 0 aromatic carbocycles. The first-order valence-electron chi connectivity index (χ1n) is 13.4. The number of aliphatic hydroxyl groups excluding tert-OH is 1. The van der Waals surface area contributed by atoms with Gasteiger partial charge < -0.3 is 5.11 Å². The summed E-state index contributed by atoms with van der Waals surface area (Å²) in [5, 5.41) is 9.45. The van der Waals surface area contributed by atoms with Gasteiger partial charge in [-0.05, 0) is 124 Å². The van der Waals surface area contributed by atoms with Crippen molar-refractivity contribution < 1.29 is 5.11 Å². The molecule has 1 heteroatoms. The molecule has 0 amide bonds. The van der Waals surface area contributed by atoms with Gasteiger partial charge in [-0.1, -0.05) is 51.7 Å². The van der Waals surface area contributed by atoms with Crippen LogP contribution in [0.15, 0.2) is 23.0 Å². The molecule has 30 heavy (non-hydrogen) atoms. The predicted octanol–water partition coefficient (Wildman–Crippen LogP) is 9.00. The summed E-state index contributed by atoms with van der Waals surface area (Å²) in [7, 11) is 0. The van der Waals surface area contributed by atoms with Gasteiger partial charge >= 0.3 is 0 Å². The summed E-state index contributed by atoms with van der Waals surface area (Å²) < 4.78 is 0. The van der Waals surface area contributed by atoms with Crippen LogP contribution in [0.2, 0.25) is 0 Å². The van der Waals surface area contributed by atoms with Gasteiger partial charge in [0.1, 0.15) is 0 Å². The van der Waals surface area contributed by atoms with Crippen LogP contribution >= 0.6 is 0 Å². The van der Waals surface area contributed by atoms with Crippen LogP contribution in [0, 0.1) is 40.4 Å². The van der Waals surface area contributed by atoms with Gasteiger partial charge in [0.05, 0.1) is 6.26 Å². The van der Waals surface area contributed by atoms with E-state index in [9.17, 15) is 5.11 Å². The Kier molecular flexibility index (Phi) is 6.49. The minimum Gasteiger partial charge on any atom is -0.516 e. The molecule has 2 saturated carbocycles. The Balaban J connectivity index is 1.50. The average Bonchev–Trinajstić information content (AvgIpc) is 3.10. The van der Waals surface area contributed by atoms with E-state index in [2.05, 4.69) is 34.6 Å². The summed E-state index contributed by atoms with van der Waals surface area (Å²) in [4.78, 5) is 0. The van der Waals surface area contributed by atoms with Crippen molar-refractivity contribution in [3.63, 3.8) is 0 Å². The van der Waals surface area contributed by atoms with E-state index in [1.165, 1.54) is 88.9 Å². The summed E-state index contributed by atoms with van der Waals surface area (Å²) in [5.41, 5.74) is 6.19.